The van der Waals surface area contributed by atoms with Gasteiger partial charge in [-0.1, -0.05) is 12.1 Å². The summed E-state index contributed by atoms with van der Waals surface area (Å²) in [5.41, 5.74) is 2.20. The summed E-state index contributed by atoms with van der Waals surface area (Å²) in [6, 6.07) is 16.9. The average molecular weight is 490 g/mol. The lowest BCUT2D eigenvalue weighted by Gasteiger charge is -2.32. The first-order valence-electron chi connectivity index (χ1n) is 11.2. The van der Waals surface area contributed by atoms with Crippen LogP contribution in [-0.2, 0) is 10.0 Å². The third-order valence-electron chi connectivity index (χ3n) is 6.07. The van der Waals surface area contributed by atoms with Crippen LogP contribution in [0.3, 0.4) is 0 Å². The van der Waals surface area contributed by atoms with E-state index in [9.17, 15) is 18.0 Å². The number of hydrogen-bond donors (Lipinski definition) is 2. The third kappa shape index (κ3) is 4.78. The molecule has 10 heteroatoms. The largest absolute Gasteiger partial charge is 0.349 e. The molecular formula is C25H23N5O4S. The second-order valence-corrected chi connectivity index (χ2v) is 9.97. The minimum Gasteiger partial charge on any atom is -0.349 e. The minimum atomic E-state index is -3.70. The van der Waals surface area contributed by atoms with Crippen molar-refractivity contribution in [3.8, 4) is 0 Å². The summed E-state index contributed by atoms with van der Waals surface area (Å²) < 4.78 is 28.3. The van der Waals surface area contributed by atoms with Crippen molar-refractivity contribution in [3.05, 3.63) is 89.7 Å². The number of likely N-dealkylation sites (tertiary alicyclic amines) is 1. The molecule has 2 aromatic carbocycles. The van der Waals surface area contributed by atoms with Crippen LogP contribution in [0.1, 0.15) is 39.1 Å². The first-order valence-corrected chi connectivity index (χ1v) is 12.7. The molecule has 2 N–H and O–H groups in total. The molecule has 2 amide bonds. The summed E-state index contributed by atoms with van der Waals surface area (Å²) in [7, 11) is -3.70. The molecular weight excluding hydrogens is 466 g/mol. The SMILES string of the molecule is O=C(NC1CCN(C(=O)c2ccc(NC3=NS(=O)(=O)c4ccccc43)cc2)CC1)c1cccnc1. The lowest BCUT2D eigenvalue weighted by molar-refractivity contribution is 0.0698. The monoisotopic (exact) mass is 489 g/mol. The average Bonchev–Trinajstić information content (AvgIpc) is 3.14. The van der Waals surface area contributed by atoms with Gasteiger partial charge in [-0.05, 0) is 61.4 Å². The van der Waals surface area contributed by atoms with Crippen molar-refractivity contribution in [1.29, 1.82) is 0 Å². The van der Waals surface area contributed by atoms with Gasteiger partial charge in [0, 0.05) is 48.3 Å². The molecule has 3 heterocycles. The number of aromatic nitrogens is 1. The van der Waals surface area contributed by atoms with E-state index in [2.05, 4.69) is 20.0 Å². The van der Waals surface area contributed by atoms with Gasteiger partial charge in [-0.3, -0.25) is 14.6 Å². The molecule has 9 nitrogen and oxygen atoms in total. The summed E-state index contributed by atoms with van der Waals surface area (Å²) in [5, 5.41) is 6.05. The van der Waals surface area contributed by atoms with Crippen LogP contribution in [0.5, 0.6) is 0 Å². The minimum absolute atomic E-state index is 0.00433. The summed E-state index contributed by atoms with van der Waals surface area (Å²) >= 11 is 0. The highest BCUT2D eigenvalue weighted by atomic mass is 32.2. The van der Waals surface area contributed by atoms with E-state index in [0.717, 1.165) is 0 Å². The van der Waals surface area contributed by atoms with Crippen LogP contribution < -0.4 is 10.6 Å². The molecule has 0 saturated carbocycles. The van der Waals surface area contributed by atoms with Crippen molar-refractivity contribution in [2.75, 3.05) is 18.4 Å². The predicted molar refractivity (Wildman–Crippen MR) is 131 cm³/mol. The number of pyridine rings is 1. The molecule has 1 aromatic heterocycles. The van der Waals surface area contributed by atoms with Gasteiger partial charge in [0.1, 0.15) is 4.90 Å². The Kier molecular flexibility index (Phi) is 6.04. The van der Waals surface area contributed by atoms with Crippen LogP contribution in [0.25, 0.3) is 0 Å². The number of amidine groups is 1. The van der Waals surface area contributed by atoms with Crippen LogP contribution in [-0.4, -0.2) is 55.1 Å². The summed E-state index contributed by atoms with van der Waals surface area (Å²) in [4.78, 5) is 31.2. The second kappa shape index (κ2) is 9.30. The highest BCUT2D eigenvalue weighted by Crippen LogP contribution is 2.27. The Morgan fingerprint density at radius 3 is 2.37 bits per heavy atom. The molecule has 35 heavy (non-hydrogen) atoms. The first kappa shape index (κ1) is 22.7. The molecule has 0 spiro atoms. The predicted octanol–water partition coefficient (Wildman–Crippen LogP) is 2.68. The van der Waals surface area contributed by atoms with Gasteiger partial charge in [0.25, 0.3) is 21.8 Å². The van der Waals surface area contributed by atoms with E-state index in [1.165, 1.54) is 12.3 Å². The van der Waals surface area contributed by atoms with Gasteiger partial charge in [-0.15, -0.1) is 4.40 Å². The van der Waals surface area contributed by atoms with E-state index in [-0.39, 0.29) is 28.6 Å². The van der Waals surface area contributed by atoms with E-state index < -0.39 is 10.0 Å². The van der Waals surface area contributed by atoms with Crippen molar-refractivity contribution in [1.82, 2.24) is 15.2 Å². The quantitative estimate of drug-likeness (QED) is 0.581. The molecule has 1 saturated heterocycles. The molecule has 1 fully saturated rings. The van der Waals surface area contributed by atoms with Gasteiger partial charge in [0.15, 0.2) is 5.84 Å². The zero-order valence-corrected chi connectivity index (χ0v) is 19.5. The Morgan fingerprint density at radius 2 is 1.66 bits per heavy atom. The van der Waals surface area contributed by atoms with E-state index in [1.807, 2.05) is 0 Å². The molecule has 0 bridgehead atoms. The Balaban J connectivity index is 1.18. The Hall–Kier alpha value is -4.05. The number of fused-ring (bicyclic) bond motifs is 1. The maximum atomic E-state index is 13.0. The molecule has 0 atom stereocenters. The molecule has 0 unspecified atom stereocenters. The van der Waals surface area contributed by atoms with Crippen LogP contribution >= 0.6 is 0 Å². The number of carbonyl (C=O) groups is 2. The highest BCUT2D eigenvalue weighted by molar-refractivity contribution is 7.90. The normalized spacial score (nSPS) is 16.8. The van der Waals surface area contributed by atoms with Crippen molar-refractivity contribution in [3.63, 3.8) is 0 Å². The summed E-state index contributed by atoms with van der Waals surface area (Å²) in [6.07, 6.45) is 4.50. The van der Waals surface area contributed by atoms with Crippen molar-refractivity contribution < 1.29 is 18.0 Å². The van der Waals surface area contributed by atoms with Gasteiger partial charge in [0.2, 0.25) is 0 Å². The van der Waals surface area contributed by atoms with Crippen LogP contribution in [0.15, 0.2) is 82.4 Å². The Labute approximate surface area is 203 Å². The number of amides is 2. The lowest BCUT2D eigenvalue weighted by Crippen LogP contribution is -2.46. The van der Waals surface area contributed by atoms with E-state index in [1.54, 1.807) is 65.7 Å². The molecule has 3 aromatic rings. The number of nitrogens with one attached hydrogen (secondary N) is 2. The fraction of sp³-hybridized carbons (Fsp3) is 0.200. The molecule has 0 aliphatic carbocycles. The number of sulfonamides is 1. The molecule has 2 aliphatic heterocycles. The van der Waals surface area contributed by atoms with Crippen molar-refractivity contribution in [2.45, 2.75) is 23.8 Å². The number of nitrogens with zero attached hydrogens (tertiary/aromatic N) is 3. The van der Waals surface area contributed by atoms with E-state index >= 15 is 0 Å². The maximum absolute atomic E-state index is 13.0. The number of piperidine rings is 1. The smallest absolute Gasteiger partial charge is 0.285 e. The lowest BCUT2D eigenvalue weighted by atomic mass is 10.0. The molecule has 0 radical (unpaired) electrons. The fourth-order valence-corrected chi connectivity index (χ4v) is 5.38. The first-order chi connectivity index (χ1) is 16.9. The Bertz CT molecular complexity index is 1400. The van der Waals surface area contributed by atoms with Gasteiger partial charge in [-0.25, -0.2) is 0 Å². The number of carbonyl (C=O) groups excluding carboxylic acids is 2. The van der Waals surface area contributed by atoms with E-state index in [4.69, 9.17) is 0 Å². The number of hydrogen-bond acceptors (Lipinski definition) is 6. The maximum Gasteiger partial charge on any atom is 0.285 e. The molecule has 178 valence electrons. The van der Waals surface area contributed by atoms with Crippen molar-refractivity contribution >= 4 is 33.4 Å². The molecule has 5 rings (SSSR count). The zero-order valence-electron chi connectivity index (χ0n) is 18.7. The van der Waals surface area contributed by atoms with Crippen molar-refractivity contribution in [2.24, 2.45) is 4.40 Å². The van der Waals surface area contributed by atoms with Gasteiger partial charge in [0.05, 0.1) is 5.56 Å². The van der Waals surface area contributed by atoms with Crippen LogP contribution in [0.4, 0.5) is 5.69 Å². The zero-order chi connectivity index (χ0) is 24.4. The number of anilines is 1. The Morgan fingerprint density at radius 1 is 0.914 bits per heavy atom. The second-order valence-electron chi connectivity index (χ2n) is 8.40. The van der Waals surface area contributed by atoms with Crippen LogP contribution in [0.2, 0.25) is 0 Å². The standard InChI is InChI=1S/C25H23N5O4S/c31-24(18-4-3-13-26-16-18)28-20-11-14-30(15-12-20)25(32)17-7-9-19(10-8-17)27-23-21-5-1-2-6-22(21)35(33,34)29-23/h1-10,13,16,20H,11-12,14-15H2,(H,27,29)(H,28,31). The van der Waals surface area contributed by atoms with Gasteiger partial charge in [-0.2, -0.15) is 8.42 Å². The highest BCUT2D eigenvalue weighted by Gasteiger charge is 2.29. The van der Waals surface area contributed by atoms with E-state index in [0.29, 0.717) is 48.3 Å². The number of benzene rings is 2. The fourth-order valence-electron chi connectivity index (χ4n) is 4.20. The molecule has 2 aliphatic rings. The topological polar surface area (TPSA) is 121 Å². The van der Waals surface area contributed by atoms with Gasteiger partial charge < -0.3 is 15.5 Å². The van der Waals surface area contributed by atoms with Crippen LogP contribution in [0, 0.1) is 0 Å². The summed E-state index contributed by atoms with van der Waals surface area (Å²) in [6.45, 7) is 1.09. The summed E-state index contributed by atoms with van der Waals surface area (Å²) in [5.74, 6) is 0.0167. The third-order valence-corrected chi connectivity index (χ3v) is 7.40. The number of rotatable bonds is 4. The van der Waals surface area contributed by atoms with Gasteiger partial charge >= 0.3 is 0 Å².